The molecule has 4 aromatic carbocycles. The number of nitrogens with one attached hydrogen (secondary N) is 1. The summed E-state index contributed by atoms with van der Waals surface area (Å²) >= 11 is 0. The highest BCUT2D eigenvalue weighted by Gasteiger charge is 2.14. The first-order valence-electron chi connectivity index (χ1n) is 10.4. The van der Waals surface area contributed by atoms with Crippen molar-refractivity contribution in [1.82, 2.24) is 5.43 Å². The fraction of sp³-hybridized carbons (Fsp3) is 0.111. The number of benzene rings is 4. The SMILES string of the molecule is COc1ccc2ccccc2c1/C=N/NC(=O)[C@@H](C)Oc1ccc(-c2ccccc2)cc1. The molecule has 0 fully saturated rings. The summed E-state index contributed by atoms with van der Waals surface area (Å²) in [5.74, 6) is 0.962. The number of amides is 1. The molecule has 0 aromatic heterocycles. The van der Waals surface area contributed by atoms with Crippen LogP contribution in [-0.4, -0.2) is 25.3 Å². The highest BCUT2D eigenvalue weighted by atomic mass is 16.5. The topological polar surface area (TPSA) is 59.9 Å². The average Bonchev–Trinajstić information content (AvgIpc) is 2.85. The maximum Gasteiger partial charge on any atom is 0.280 e. The normalized spacial score (nSPS) is 11.9. The van der Waals surface area contributed by atoms with Crippen molar-refractivity contribution in [3.05, 3.63) is 96.6 Å². The quantitative estimate of drug-likeness (QED) is 0.318. The van der Waals surface area contributed by atoms with E-state index in [1.165, 1.54) is 0 Å². The van der Waals surface area contributed by atoms with Gasteiger partial charge in [0.2, 0.25) is 0 Å². The second kappa shape index (κ2) is 9.79. The predicted molar refractivity (Wildman–Crippen MR) is 128 cm³/mol. The van der Waals surface area contributed by atoms with Gasteiger partial charge in [-0.3, -0.25) is 4.79 Å². The molecule has 0 unspecified atom stereocenters. The van der Waals surface area contributed by atoms with Crippen LogP contribution in [0.5, 0.6) is 11.5 Å². The zero-order valence-corrected chi connectivity index (χ0v) is 18.0. The third-order valence-corrected chi connectivity index (χ3v) is 5.16. The van der Waals surface area contributed by atoms with E-state index in [9.17, 15) is 4.79 Å². The molecule has 1 amide bonds. The van der Waals surface area contributed by atoms with Crippen LogP contribution >= 0.6 is 0 Å². The Bertz CT molecular complexity index is 1230. The van der Waals surface area contributed by atoms with E-state index in [2.05, 4.69) is 22.7 Å². The molecule has 0 aliphatic carbocycles. The second-order valence-corrected chi connectivity index (χ2v) is 7.29. The largest absolute Gasteiger partial charge is 0.496 e. The average molecular weight is 425 g/mol. The first-order valence-corrected chi connectivity index (χ1v) is 10.4. The Balaban J connectivity index is 1.40. The summed E-state index contributed by atoms with van der Waals surface area (Å²) in [5.41, 5.74) is 5.57. The number of hydrazone groups is 1. The van der Waals surface area contributed by atoms with Gasteiger partial charge in [-0.2, -0.15) is 5.10 Å². The van der Waals surface area contributed by atoms with Gasteiger partial charge < -0.3 is 9.47 Å². The van der Waals surface area contributed by atoms with Crippen LogP contribution in [0.25, 0.3) is 21.9 Å². The lowest BCUT2D eigenvalue weighted by Crippen LogP contribution is -2.33. The first-order chi connectivity index (χ1) is 15.7. The minimum atomic E-state index is -0.705. The number of fused-ring (bicyclic) bond motifs is 1. The van der Waals surface area contributed by atoms with Crippen LogP contribution in [-0.2, 0) is 4.79 Å². The van der Waals surface area contributed by atoms with Gasteiger partial charge in [0.25, 0.3) is 5.91 Å². The van der Waals surface area contributed by atoms with Crippen molar-refractivity contribution in [2.75, 3.05) is 7.11 Å². The molecule has 0 bridgehead atoms. The van der Waals surface area contributed by atoms with Crippen molar-refractivity contribution in [2.45, 2.75) is 13.0 Å². The molecular weight excluding hydrogens is 400 g/mol. The summed E-state index contributed by atoms with van der Waals surface area (Å²) in [7, 11) is 1.61. The molecule has 5 nitrogen and oxygen atoms in total. The lowest BCUT2D eigenvalue weighted by Gasteiger charge is -2.13. The van der Waals surface area contributed by atoms with Gasteiger partial charge in [-0.05, 0) is 47.0 Å². The van der Waals surface area contributed by atoms with Crippen molar-refractivity contribution >= 4 is 22.9 Å². The molecule has 4 rings (SSSR count). The van der Waals surface area contributed by atoms with Gasteiger partial charge in [-0.25, -0.2) is 5.43 Å². The van der Waals surface area contributed by atoms with Gasteiger partial charge in [0.05, 0.1) is 13.3 Å². The number of hydrogen-bond acceptors (Lipinski definition) is 4. The number of hydrogen-bond donors (Lipinski definition) is 1. The molecule has 5 heteroatoms. The summed E-state index contributed by atoms with van der Waals surface area (Å²) in [6.07, 6.45) is 0.893. The number of nitrogens with zero attached hydrogens (tertiary/aromatic N) is 1. The number of methoxy groups -OCH3 is 1. The smallest absolute Gasteiger partial charge is 0.280 e. The zero-order chi connectivity index (χ0) is 22.3. The Labute approximate surface area is 187 Å². The van der Waals surface area contributed by atoms with E-state index >= 15 is 0 Å². The van der Waals surface area contributed by atoms with E-state index in [4.69, 9.17) is 9.47 Å². The standard InChI is InChI=1S/C27H24N2O3/c1-19(32-23-15-12-21(13-16-23)20-8-4-3-5-9-20)27(30)29-28-18-25-24-11-7-6-10-22(24)14-17-26(25)31-2/h3-19H,1-2H3,(H,29,30)/b28-18+/t19-/m1/s1. The van der Waals surface area contributed by atoms with E-state index in [1.54, 1.807) is 20.2 Å². The minimum absolute atomic E-state index is 0.340. The van der Waals surface area contributed by atoms with E-state index in [-0.39, 0.29) is 5.91 Å². The third kappa shape index (κ3) is 4.78. The highest BCUT2D eigenvalue weighted by Crippen LogP contribution is 2.26. The van der Waals surface area contributed by atoms with E-state index < -0.39 is 6.10 Å². The molecule has 1 N–H and O–H groups in total. The Hall–Kier alpha value is -4.12. The summed E-state index contributed by atoms with van der Waals surface area (Å²) in [6.45, 7) is 1.69. The fourth-order valence-electron chi connectivity index (χ4n) is 3.45. The number of carbonyl (C=O) groups excluding carboxylic acids is 1. The van der Waals surface area contributed by atoms with Crippen LogP contribution in [0, 0.1) is 0 Å². The molecule has 0 spiro atoms. The first kappa shape index (κ1) is 21.1. The molecule has 4 aromatic rings. The van der Waals surface area contributed by atoms with Crippen LogP contribution in [0.1, 0.15) is 12.5 Å². The van der Waals surface area contributed by atoms with Crippen LogP contribution in [0.3, 0.4) is 0 Å². The van der Waals surface area contributed by atoms with Gasteiger partial charge in [0, 0.05) is 5.56 Å². The highest BCUT2D eigenvalue weighted by molar-refractivity contribution is 6.02. The van der Waals surface area contributed by atoms with Crippen LogP contribution in [0.2, 0.25) is 0 Å². The fourth-order valence-corrected chi connectivity index (χ4v) is 3.45. The van der Waals surface area contributed by atoms with Crippen molar-refractivity contribution in [3.63, 3.8) is 0 Å². The Morgan fingerprint density at radius 1 is 0.875 bits per heavy atom. The maximum atomic E-state index is 12.5. The van der Waals surface area contributed by atoms with Crippen molar-refractivity contribution in [2.24, 2.45) is 5.10 Å². The van der Waals surface area contributed by atoms with Gasteiger partial charge in [0.1, 0.15) is 11.5 Å². The molecule has 0 saturated carbocycles. The lowest BCUT2D eigenvalue weighted by atomic mass is 10.0. The van der Waals surface area contributed by atoms with Crippen LogP contribution in [0.4, 0.5) is 0 Å². The summed E-state index contributed by atoms with van der Waals surface area (Å²) in [4.78, 5) is 12.5. The van der Waals surface area contributed by atoms with Crippen molar-refractivity contribution in [3.8, 4) is 22.6 Å². The monoisotopic (exact) mass is 424 g/mol. The molecule has 0 heterocycles. The molecule has 0 aliphatic rings. The summed E-state index contributed by atoms with van der Waals surface area (Å²) in [5, 5.41) is 6.19. The molecular formula is C27H24N2O3. The maximum absolute atomic E-state index is 12.5. The van der Waals surface area contributed by atoms with Crippen LogP contribution in [0.15, 0.2) is 96.1 Å². The molecule has 0 radical (unpaired) electrons. The van der Waals surface area contributed by atoms with Gasteiger partial charge in [-0.15, -0.1) is 0 Å². The Kier molecular flexibility index (Phi) is 6.46. The molecule has 32 heavy (non-hydrogen) atoms. The molecule has 160 valence electrons. The number of rotatable bonds is 7. The lowest BCUT2D eigenvalue weighted by molar-refractivity contribution is -0.127. The Morgan fingerprint density at radius 3 is 2.31 bits per heavy atom. The van der Waals surface area contributed by atoms with E-state index in [1.807, 2.05) is 78.9 Å². The predicted octanol–water partition coefficient (Wildman–Crippen LogP) is 5.43. The second-order valence-electron chi connectivity index (χ2n) is 7.29. The molecule has 0 saturated heterocycles. The zero-order valence-electron chi connectivity index (χ0n) is 18.0. The van der Waals surface area contributed by atoms with Gasteiger partial charge >= 0.3 is 0 Å². The molecule has 0 aliphatic heterocycles. The van der Waals surface area contributed by atoms with Crippen LogP contribution < -0.4 is 14.9 Å². The third-order valence-electron chi connectivity index (χ3n) is 5.16. The number of carbonyl (C=O) groups is 1. The number of ether oxygens (including phenoxy) is 2. The van der Waals surface area contributed by atoms with Crippen molar-refractivity contribution < 1.29 is 14.3 Å². The summed E-state index contributed by atoms with van der Waals surface area (Å²) in [6, 6.07) is 29.6. The Morgan fingerprint density at radius 2 is 1.56 bits per heavy atom. The summed E-state index contributed by atoms with van der Waals surface area (Å²) < 4.78 is 11.2. The van der Waals surface area contributed by atoms with Gasteiger partial charge in [0.15, 0.2) is 6.10 Å². The van der Waals surface area contributed by atoms with Crippen molar-refractivity contribution in [1.29, 1.82) is 0 Å². The van der Waals surface area contributed by atoms with E-state index in [0.29, 0.717) is 11.5 Å². The molecule has 1 atom stereocenters. The van der Waals surface area contributed by atoms with E-state index in [0.717, 1.165) is 27.5 Å². The minimum Gasteiger partial charge on any atom is -0.496 e. The van der Waals surface area contributed by atoms with Gasteiger partial charge in [-0.1, -0.05) is 72.8 Å².